The fraction of sp³-hybridized carbons (Fsp3) is 0.286. The van der Waals surface area contributed by atoms with Gasteiger partial charge in [0.25, 0.3) is 0 Å². The molecule has 1 aromatic rings. The van der Waals surface area contributed by atoms with E-state index < -0.39 is 0 Å². The van der Waals surface area contributed by atoms with E-state index >= 15 is 0 Å². The highest BCUT2D eigenvalue weighted by Gasteiger charge is 2.10. The van der Waals surface area contributed by atoms with E-state index in [9.17, 15) is 0 Å². The third-order valence-corrected chi connectivity index (χ3v) is 2.80. The summed E-state index contributed by atoms with van der Waals surface area (Å²) in [5.74, 6) is 0. The van der Waals surface area contributed by atoms with E-state index in [4.69, 9.17) is 0 Å². The highest BCUT2D eigenvalue weighted by molar-refractivity contribution is 5.32. The van der Waals surface area contributed by atoms with Crippen molar-refractivity contribution in [1.29, 1.82) is 0 Å². The molecule has 15 heavy (non-hydrogen) atoms. The van der Waals surface area contributed by atoms with E-state index in [1.54, 1.807) is 0 Å². The maximum Gasteiger partial charge on any atom is 0.130 e. The van der Waals surface area contributed by atoms with Crippen LogP contribution in [0.1, 0.15) is 18.9 Å². The average Bonchev–Trinajstić information content (AvgIpc) is 2.25. The number of benzene rings is 1. The molecule has 0 fully saturated rings. The van der Waals surface area contributed by atoms with Gasteiger partial charge < -0.3 is 5.32 Å². The largest absolute Gasteiger partial charge is 0.308 e. The van der Waals surface area contributed by atoms with Crippen molar-refractivity contribution in [3.8, 4) is 0 Å². The Bertz CT molecular complexity index is 384. The van der Waals surface area contributed by atoms with E-state index in [0.29, 0.717) is 6.04 Å². The Hall–Kier alpha value is -1.34. The molecule has 1 heteroatoms. The van der Waals surface area contributed by atoms with Crippen LogP contribution in [0.25, 0.3) is 0 Å². The van der Waals surface area contributed by atoms with Crippen LogP contribution in [0.5, 0.6) is 0 Å². The molecule has 0 spiro atoms. The lowest BCUT2D eigenvalue weighted by molar-refractivity contribution is -0.598. The molecule has 0 aliphatic heterocycles. The van der Waals surface area contributed by atoms with Crippen molar-refractivity contribution in [3.63, 3.8) is 0 Å². The molecule has 1 atom stereocenters. The Morgan fingerprint density at radius 2 is 1.87 bits per heavy atom. The molecule has 1 unspecified atom stereocenters. The zero-order valence-corrected chi connectivity index (χ0v) is 9.40. The summed E-state index contributed by atoms with van der Waals surface area (Å²) in [5, 5.41) is 2.33. The Morgan fingerprint density at radius 1 is 1.13 bits per heavy atom. The normalized spacial score (nSPS) is 20.1. The molecular formula is C14H18N+. The quantitative estimate of drug-likeness (QED) is 0.706. The minimum Gasteiger partial charge on any atom is -0.308 e. The topological polar surface area (TPSA) is 16.6 Å². The van der Waals surface area contributed by atoms with E-state index in [-0.39, 0.29) is 0 Å². The first-order chi connectivity index (χ1) is 7.24. The van der Waals surface area contributed by atoms with Gasteiger partial charge in [0.2, 0.25) is 0 Å². The van der Waals surface area contributed by atoms with Crippen molar-refractivity contribution in [2.45, 2.75) is 26.3 Å². The Balaban J connectivity index is 1.99. The molecular weight excluding hydrogens is 182 g/mol. The first kappa shape index (κ1) is 10.2. The molecule has 0 aromatic heterocycles. The van der Waals surface area contributed by atoms with E-state index in [1.165, 1.54) is 16.8 Å². The Labute approximate surface area is 91.5 Å². The number of quaternary nitrogens is 1. The molecule has 78 valence electrons. The van der Waals surface area contributed by atoms with E-state index in [2.05, 4.69) is 61.7 Å². The van der Waals surface area contributed by atoms with Gasteiger partial charge in [-0.05, 0) is 32.1 Å². The highest BCUT2D eigenvalue weighted by Crippen LogP contribution is 2.09. The van der Waals surface area contributed by atoms with Crippen LogP contribution in [0.2, 0.25) is 0 Å². The molecule has 0 radical (unpaired) electrons. The van der Waals surface area contributed by atoms with Crippen LogP contribution in [0.3, 0.4) is 0 Å². The number of rotatable bonds is 2. The predicted molar refractivity (Wildman–Crippen MR) is 64.1 cm³/mol. The summed E-state index contributed by atoms with van der Waals surface area (Å²) >= 11 is 0. The SMILES string of the molecule is CC1=CCC([NH2+]c2ccc(C)cc2)C=C1. The minimum absolute atomic E-state index is 0.566. The maximum atomic E-state index is 2.33. The number of hydrogen-bond acceptors (Lipinski definition) is 0. The summed E-state index contributed by atoms with van der Waals surface area (Å²) < 4.78 is 0. The van der Waals surface area contributed by atoms with Crippen LogP contribution >= 0.6 is 0 Å². The summed E-state index contributed by atoms with van der Waals surface area (Å²) in [6, 6.07) is 9.28. The van der Waals surface area contributed by atoms with Gasteiger partial charge in [-0.15, -0.1) is 0 Å². The number of hydrogen-bond donors (Lipinski definition) is 1. The molecule has 2 rings (SSSR count). The van der Waals surface area contributed by atoms with Gasteiger partial charge in [-0.2, -0.15) is 0 Å². The number of aryl methyl sites for hydroxylation is 1. The standard InChI is InChI=1S/C14H17N/c1-11-3-7-13(8-4-11)15-14-9-5-12(2)6-10-14/h3-9,14-15H,10H2,1-2H3/p+1. The fourth-order valence-corrected chi connectivity index (χ4v) is 1.79. The van der Waals surface area contributed by atoms with E-state index in [1.807, 2.05) is 0 Å². The van der Waals surface area contributed by atoms with Gasteiger partial charge in [0.15, 0.2) is 0 Å². The minimum atomic E-state index is 0.566. The molecule has 0 saturated heterocycles. The van der Waals surface area contributed by atoms with Crippen LogP contribution in [0, 0.1) is 6.92 Å². The Kier molecular flexibility index (Phi) is 3.02. The van der Waals surface area contributed by atoms with Crippen LogP contribution < -0.4 is 5.32 Å². The van der Waals surface area contributed by atoms with Crippen molar-refractivity contribution in [2.75, 3.05) is 0 Å². The summed E-state index contributed by atoms with van der Waals surface area (Å²) in [5.41, 5.74) is 4.02. The lowest BCUT2D eigenvalue weighted by atomic mass is 10.0. The molecule has 0 amide bonds. The predicted octanol–water partition coefficient (Wildman–Crippen LogP) is 2.46. The molecule has 0 bridgehead atoms. The zero-order valence-electron chi connectivity index (χ0n) is 9.40. The lowest BCUT2D eigenvalue weighted by Gasteiger charge is -2.13. The van der Waals surface area contributed by atoms with E-state index in [0.717, 1.165) is 6.42 Å². The van der Waals surface area contributed by atoms with Crippen molar-refractivity contribution < 1.29 is 5.32 Å². The second-order valence-electron chi connectivity index (χ2n) is 4.28. The van der Waals surface area contributed by atoms with Crippen LogP contribution in [0.4, 0.5) is 5.69 Å². The molecule has 1 nitrogen and oxygen atoms in total. The third kappa shape index (κ3) is 2.80. The Morgan fingerprint density at radius 3 is 2.47 bits per heavy atom. The summed E-state index contributed by atoms with van der Waals surface area (Å²) in [6.45, 7) is 4.27. The van der Waals surface area contributed by atoms with Gasteiger partial charge in [-0.3, -0.25) is 0 Å². The van der Waals surface area contributed by atoms with Crippen LogP contribution in [0.15, 0.2) is 48.1 Å². The van der Waals surface area contributed by atoms with Crippen molar-refractivity contribution in [3.05, 3.63) is 53.6 Å². The van der Waals surface area contributed by atoms with Crippen LogP contribution in [-0.2, 0) is 0 Å². The monoisotopic (exact) mass is 200 g/mol. The molecule has 1 aromatic carbocycles. The summed E-state index contributed by atoms with van der Waals surface area (Å²) in [4.78, 5) is 0. The van der Waals surface area contributed by atoms with Gasteiger partial charge in [0.05, 0.1) is 0 Å². The lowest BCUT2D eigenvalue weighted by Crippen LogP contribution is -2.84. The van der Waals surface area contributed by atoms with Crippen LogP contribution in [-0.4, -0.2) is 6.04 Å². The van der Waals surface area contributed by atoms with Crippen molar-refractivity contribution in [1.82, 2.24) is 0 Å². The second-order valence-corrected chi connectivity index (χ2v) is 4.28. The van der Waals surface area contributed by atoms with Gasteiger partial charge in [-0.1, -0.05) is 35.4 Å². The first-order valence-corrected chi connectivity index (χ1v) is 5.50. The fourth-order valence-electron chi connectivity index (χ4n) is 1.79. The number of nitrogens with two attached hydrogens (primary N) is 1. The molecule has 2 N–H and O–H groups in total. The summed E-state index contributed by atoms with van der Waals surface area (Å²) in [6.07, 6.45) is 7.93. The van der Waals surface area contributed by atoms with Gasteiger partial charge in [0, 0.05) is 6.42 Å². The van der Waals surface area contributed by atoms with Crippen molar-refractivity contribution >= 4 is 5.69 Å². The molecule has 0 heterocycles. The third-order valence-electron chi connectivity index (χ3n) is 2.80. The average molecular weight is 200 g/mol. The highest BCUT2D eigenvalue weighted by atomic mass is 14.9. The van der Waals surface area contributed by atoms with Gasteiger partial charge in [-0.25, -0.2) is 0 Å². The molecule has 0 saturated carbocycles. The molecule has 1 aliphatic rings. The second kappa shape index (κ2) is 4.45. The first-order valence-electron chi connectivity index (χ1n) is 5.50. The zero-order chi connectivity index (χ0) is 10.7. The summed E-state index contributed by atoms with van der Waals surface area (Å²) in [7, 11) is 0. The van der Waals surface area contributed by atoms with Gasteiger partial charge >= 0.3 is 0 Å². The smallest absolute Gasteiger partial charge is 0.130 e. The van der Waals surface area contributed by atoms with Gasteiger partial charge in [0.1, 0.15) is 11.7 Å². The number of allylic oxidation sites excluding steroid dienone is 2. The maximum absolute atomic E-state index is 2.33. The molecule has 1 aliphatic carbocycles. The van der Waals surface area contributed by atoms with Crippen molar-refractivity contribution in [2.24, 2.45) is 0 Å².